The minimum absolute atomic E-state index is 0.143. The molecule has 1 heterocycles. The number of halogens is 1. The summed E-state index contributed by atoms with van der Waals surface area (Å²) < 4.78 is 5.84. The average Bonchev–Trinajstić information content (AvgIpc) is 2.60. The second-order valence-corrected chi connectivity index (χ2v) is 4.19. The average molecular weight is 272 g/mol. The zero-order valence-electron chi connectivity index (χ0n) is 7.89. The van der Waals surface area contributed by atoms with Gasteiger partial charge in [0.1, 0.15) is 6.10 Å². The number of rotatable bonds is 2. The van der Waals surface area contributed by atoms with Gasteiger partial charge in [0.25, 0.3) is 0 Å². The number of aliphatic hydroxyl groups excluding tert-OH is 1. The van der Waals surface area contributed by atoms with E-state index in [2.05, 4.69) is 15.9 Å². The molecule has 1 atom stereocenters. The molecule has 1 saturated heterocycles. The number of carbonyl (C=O) groups excluding carboxylic acids is 1. The number of amides is 1. The zero-order valence-corrected chi connectivity index (χ0v) is 9.48. The summed E-state index contributed by atoms with van der Waals surface area (Å²) in [7, 11) is 0. The Morgan fingerprint density at radius 3 is 3.00 bits per heavy atom. The van der Waals surface area contributed by atoms with Gasteiger partial charge in [-0.2, -0.15) is 0 Å². The Balaban J connectivity index is 2.21. The van der Waals surface area contributed by atoms with E-state index in [-0.39, 0.29) is 6.61 Å². The van der Waals surface area contributed by atoms with E-state index in [1.807, 2.05) is 24.3 Å². The number of carbonyl (C=O) groups is 1. The number of nitrogens with zero attached hydrogens (tertiary/aromatic N) is 1. The van der Waals surface area contributed by atoms with Gasteiger partial charge in [-0.3, -0.25) is 4.90 Å². The maximum Gasteiger partial charge on any atom is 0.414 e. The molecule has 80 valence electrons. The Kier molecular flexibility index (Phi) is 2.93. The van der Waals surface area contributed by atoms with Crippen molar-refractivity contribution in [2.45, 2.75) is 6.10 Å². The molecule has 0 unspecified atom stereocenters. The summed E-state index contributed by atoms with van der Waals surface area (Å²) in [5.41, 5.74) is 0.769. The van der Waals surface area contributed by atoms with E-state index in [0.717, 1.165) is 10.2 Å². The molecule has 0 spiro atoms. The molecule has 0 radical (unpaired) electrons. The third kappa shape index (κ3) is 2.13. The van der Waals surface area contributed by atoms with E-state index >= 15 is 0 Å². The van der Waals surface area contributed by atoms with Crippen molar-refractivity contribution in [3.8, 4) is 0 Å². The van der Waals surface area contributed by atoms with Gasteiger partial charge in [0.15, 0.2) is 0 Å². The van der Waals surface area contributed by atoms with Gasteiger partial charge >= 0.3 is 6.09 Å². The zero-order chi connectivity index (χ0) is 10.8. The molecule has 0 aliphatic carbocycles. The van der Waals surface area contributed by atoms with Gasteiger partial charge in [0.05, 0.1) is 13.2 Å². The fraction of sp³-hybridized carbons (Fsp3) is 0.300. The van der Waals surface area contributed by atoms with Crippen LogP contribution in [0.2, 0.25) is 0 Å². The molecule has 15 heavy (non-hydrogen) atoms. The fourth-order valence-corrected chi connectivity index (χ4v) is 1.86. The van der Waals surface area contributed by atoms with Crippen LogP contribution < -0.4 is 4.90 Å². The van der Waals surface area contributed by atoms with E-state index in [1.54, 1.807) is 0 Å². The lowest BCUT2D eigenvalue weighted by atomic mass is 10.3. The molecule has 1 N–H and O–H groups in total. The predicted octanol–water partition coefficient (Wildman–Crippen LogP) is 1.77. The highest BCUT2D eigenvalue weighted by Gasteiger charge is 2.31. The summed E-state index contributed by atoms with van der Waals surface area (Å²) >= 11 is 3.33. The lowest BCUT2D eigenvalue weighted by Crippen LogP contribution is -2.25. The van der Waals surface area contributed by atoms with Crippen LogP contribution in [0.4, 0.5) is 10.5 Å². The summed E-state index contributed by atoms with van der Waals surface area (Å²) in [6, 6.07) is 7.39. The van der Waals surface area contributed by atoms with Crippen LogP contribution in [-0.4, -0.2) is 30.5 Å². The summed E-state index contributed by atoms with van der Waals surface area (Å²) in [4.78, 5) is 12.9. The van der Waals surface area contributed by atoms with Crippen LogP contribution in [0.15, 0.2) is 28.7 Å². The van der Waals surface area contributed by atoms with Crippen molar-refractivity contribution in [3.05, 3.63) is 28.7 Å². The van der Waals surface area contributed by atoms with Crippen LogP contribution in [0.3, 0.4) is 0 Å². The molecule has 2 rings (SSSR count). The van der Waals surface area contributed by atoms with Crippen LogP contribution in [0.5, 0.6) is 0 Å². The van der Waals surface area contributed by atoms with Crippen molar-refractivity contribution in [2.75, 3.05) is 18.1 Å². The minimum Gasteiger partial charge on any atom is -0.441 e. The first kappa shape index (κ1) is 10.4. The maximum atomic E-state index is 11.4. The van der Waals surface area contributed by atoms with Gasteiger partial charge in [0, 0.05) is 10.2 Å². The third-order valence-corrected chi connectivity index (χ3v) is 2.69. The molecule has 1 aromatic carbocycles. The fourth-order valence-electron chi connectivity index (χ4n) is 1.47. The Labute approximate surface area is 95.6 Å². The molecule has 4 nitrogen and oxygen atoms in total. The number of aliphatic hydroxyl groups is 1. The van der Waals surface area contributed by atoms with Crippen LogP contribution in [-0.2, 0) is 4.74 Å². The molecule has 5 heteroatoms. The van der Waals surface area contributed by atoms with Crippen molar-refractivity contribution >= 4 is 27.7 Å². The Morgan fingerprint density at radius 2 is 2.40 bits per heavy atom. The first-order chi connectivity index (χ1) is 7.20. The lowest BCUT2D eigenvalue weighted by Gasteiger charge is -2.12. The molecule has 1 fully saturated rings. The summed E-state index contributed by atoms with van der Waals surface area (Å²) in [5, 5.41) is 8.89. The monoisotopic (exact) mass is 271 g/mol. The van der Waals surface area contributed by atoms with E-state index in [1.165, 1.54) is 4.90 Å². The van der Waals surface area contributed by atoms with Gasteiger partial charge < -0.3 is 9.84 Å². The SMILES string of the molecule is O=C1O[C@@H](CO)CN1c1cccc(Br)c1. The standard InChI is InChI=1S/C10H10BrNO3/c11-7-2-1-3-8(4-7)12-5-9(6-13)15-10(12)14/h1-4,9,13H,5-6H2/t9-/m1/s1. The van der Waals surface area contributed by atoms with Crippen LogP contribution in [0.1, 0.15) is 0 Å². The second kappa shape index (κ2) is 4.20. The second-order valence-electron chi connectivity index (χ2n) is 3.28. The largest absolute Gasteiger partial charge is 0.441 e. The summed E-state index contributed by atoms with van der Waals surface area (Å²) in [6.07, 6.45) is -0.830. The summed E-state index contributed by atoms with van der Waals surface area (Å²) in [6.45, 7) is 0.252. The van der Waals surface area contributed by atoms with Gasteiger partial charge in [-0.25, -0.2) is 4.79 Å². The maximum absolute atomic E-state index is 11.4. The van der Waals surface area contributed by atoms with Gasteiger partial charge in [0.2, 0.25) is 0 Å². The first-order valence-electron chi connectivity index (χ1n) is 4.55. The predicted molar refractivity (Wildman–Crippen MR) is 58.8 cm³/mol. The third-order valence-electron chi connectivity index (χ3n) is 2.20. The van der Waals surface area contributed by atoms with Crippen LogP contribution in [0, 0.1) is 0 Å². The topological polar surface area (TPSA) is 49.8 Å². The van der Waals surface area contributed by atoms with E-state index in [0.29, 0.717) is 6.54 Å². The Bertz CT molecular complexity index is 383. The lowest BCUT2D eigenvalue weighted by molar-refractivity contribution is 0.0963. The van der Waals surface area contributed by atoms with E-state index in [9.17, 15) is 4.79 Å². The van der Waals surface area contributed by atoms with Gasteiger partial charge in [-0.05, 0) is 18.2 Å². The van der Waals surface area contributed by atoms with Crippen LogP contribution >= 0.6 is 15.9 Å². The Morgan fingerprint density at radius 1 is 1.60 bits per heavy atom. The van der Waals surface area contributed by atoms with Crippen molar-refractivity contribution in [3.63, 3.8) is 0 Å². The summed E-state index contributed by atoms with van der Waals surface area (Å²) in [5.74, 6) is 0. The molecule has 1 aliphatic heterocycles. The number of hydrogen-bond acceptors (Lipinski definition) is 3. The van der Waals surface area contributed by atoms with Gasteiger partial charge in [-0.1, -0.05) is 22.0 Å². The first-order valence-corrected chi connectivity index (χ1v) is 5.34. The van der Waals surface area contributed by atoms with Crippen molar-refractivity contribution in [2.24, 2.45) is 0 Å². The highest BCUT2D eigenvalue weighted by atomic mass is 79.9. The van der Waals surface area contributed by atoms with E-state index in [4.69, 9.17) is 9.84 Å². The number of cyclic esters (lactones) is 1. The highest BCUT2D eigenvalue weighted by Crippen LogP contribution is 2.24. The van der Waals surface area contributed by atoms with Crippen molar-refractivity contribution in [1.82, 2.24) is 0 Å². The van der Waals surface area contributed by atoms with Crippen molar-refractivity contribution < 1.29 is 14.6 Å². The van der Waals surface area contributed by atoms with E-state index < -0.39 is 12.2 Å². The van der Waals surface area contributed by atoms with Crippen LogP contribution in [0.25, 0.3) is 0 Å². The quantitative estimate of drug-likeness (QED) is 0.892. The molecule has 0 bridgehead atoms. The molecule has 1 amide bonds. The van der Waals surface area contributed by atoms with Crippen molar-refractivity contribution in [1.29, 1.82) is 0 Å². The Hall–Kier alpha value is -1.07. The molecular formula is C10H10BrNO3. The number of hydrogen-bond donors (Lipinski definition) is 1. The molecule has 0 saturated carbocycles. The number of anilines is 1. The molecule has 1 aromatic rings. The normalized spacial score (nSPS) is 20.5. The molecular weight excluding hydrogens is 262 g/mol. The number of ether oxygens (including phenoxy) is 1. The smallest absolute Gasteiger partial charge is 0.414 e. The molecule has 1 aliphatic rings. The highest BCUT2D eigenvalue weighted by molar-refractivity contribution is 9.10. The van der Waals surface area contributed by atoms with Gasteiger partial charge in [-0.15, -0.1) is 0 Å². The minimum atomic E-state index is -0.420. The molecule has 0 aromatic heterocycles. The number of benzene rings is 1.